The lowest BCUT2D eigenvalue weighted by atomic mass is 10.0. The summed E-state index contributed by atoms with van der Waals surface area (Å²) < 4.78 is 4.88. The van der Waals surface area contributed by atoms with E-state index in [-0.39, 0.29) is 6.17 Å². The summed E-state index contributed by atoms with van der Waals surface area (Å²) in [6.45, 7) is 0. The lowest BCUT2D eigenvalue weighted by Gasteiger charge is -2.33. The number of nitrogens with zero attached hydrogens (tertiary/aromatic N) is 4. The minimum Gasteiger partial charge on any atom is -0.348 e. The van der Waals surface area contributed by atoms with Gasteiger partial charge in [-0.25, -0.2) is 0 Å². The third-order valence-electron chi connectivity index (χ3n) is 11.1. The van der Waals surface area contributed by atoms with Crippen molar-refractivity contribution in [2.24, 2.45) is 4.99 Å². The Morgan fingerprint density at radius 3 is 2.00 bits per heavy atom. The average Bonchev–Trinajstić information content (AvgIpc) is 3.72. The first kappa shape index (κ1) is 29.8. The van der Waals surface area contributed by atoms with Gasteiger partial charge in [0, 0.05) is 45.2 Å². The van der Waals surface area contributed by atoms with Crippen molar-refractivity contribution in [1.29, 1.82) is 0 Å². The van der Waals surface area contributed by atoms with Crippen LogP contribution in [0.15, 0.2) is 187 Å². The second kappa shape index (κ2) is 11.6. The molecule has 250 valence electrons. The van der Waals surface area contributed by atoms with Gasteiger partial charge in [-0.05, 0) is 76.5 Å². The van der Waals surface area contributed by atoms with Crippen molar-refractivity contribution in [1.82, 2.24) is 14.0 Å². The van der Waals surface area contributed by atoms with E-state index < -0.39 is 0 Å². The van der Waals surface area contributed by atoms with Crippen molar-refractivity contribution >= 4 is 60.1 Å². The topological polar surface area (TPSA) is 25.5 Å². The summed E-state index contributed by atoms with van der Waals surface area (Å²) in [4.78, 5) is 7.69. The molecular weight excluding hydrogens is 645 g/mol. The highest BCUT2D eigenvalue weighted by atomic mass is 15.2. The molecular formula is C49H34N4. The van der Waals surface area contributed by atoms with Crippen LogP contribution < -0.4 is 10.6 Å². The summed E-state index contributed by atoms with van der Waals surface area (Å²) in [6, 6.07) is 65.9. The smallest absolute Gasteiger partial charge is 0.147 e. The van der Waals surface area contributed by atoms with E-state index in [4.69, 9.17) is 4.99 Å². The molecule has 1 unspecified atom stereocenters. The van der Waals surface area contributed by atoms with Gasteiger partial charge in [0.1, 0.15) is 6.17 Å². The molecule has 0 saturated heterocycles. The first-order valence-electron chi connectivity index (χ1n) is 18.2. The Balaban J connectivity index is 1.19. The van der Waals surface area contributed by atoms with Crippen LogP contribution in [-0.4, -0.2) is 21.1 Å². The van der Waals surface area contributed by atoms with Crippen molar-refractivity contribution < 1.29 is 0 Å². The normalized spacial score (nSPS) is 14.4. The van der Waals surface area contributed by atoms with Crippen molar-refractivity contribution in [2.45, 2.75) is 6.17 Å². The van der Waals surface area contributed by atoms with Gasteiger partial charge in [-0.3, -0.25) is 4.99 Å². The third-order valence-corrected chi connectivity index (χ3v) is 11.1. The molecule has 0 saturated carbocycles. The maximum atomic E-state index is 5.36. The maximum absolute atomic E-state index is 5.36. The molecule has 10 aromatic rings. The Hall–Kier alpha value is -6.91. The standard InChI is InChI=1S/C49H34N4/c1-51-48(33-16-4-2-5-17-33)39-24-10-12-25-42(39)50-49(51)34-18-14-21-36(29-34)53-44-28-27-32-15-8-9-22-37(32)47(44)41-30-40-38-23-11-13-26-43(38)52(45(40)31-46(41)53)35-19-6-3-7-20-35/h2-31,49H,1H3. The number of hydrogen-bond donors (Lipinski definition) is 0. The van der Waals surface area contributed by atoms with Crippen LogP contribution in [0.4, 0.5) is 0 Å². The molecule has 4 heteroatoms. The Kier molecular flexibility index (Phi) is 6.49. The molecule has 0 bridgehead atoms. The second-order valence-corrected chi connectivity index (χ2v) is 14.0. The van der Waals surface area contributed by atoms with E-state index in [2.05, 4.69) is 203 Å². The van der Waals surface area contributed by atoms with Crippen LogP contribution in [0.3, 0.4) is 0 Å². The fourth-order valence-electron chi connectivity index (χ4n) is 8.78. The molecule has 0 aliphatic carbocycles. The van der Waals surface area contributed by atoms with Gasteiger partial charge < -0.3 is 14.0 Å². The Morgan fingerprint density at radius 2 is 1.13 bits per heavy atom. The lowest BCUT2D eigenvalue weighted by Crippen LogP contribution is -2.40. The first-order valence-corrected chi connectivity index (χ1v) is 18.2. The number of rotatable bonds is 4. The predicted molar refractivity (Wildman–Crippen MR) is 219 cm³/mol. The van der Waals surface area contributed by atoms with E-state index >= 15 is 0 Å². The van der Waals surface area contributed by atoms with Crippen molar-refractivity contribution in [3.05, 3.63) is 204 Å². The van der Waals surface area contributed by atoms with Crippen LogP contribution in [-0.2, 0) is 0 Å². The van der Waals surface area contributed by atoms with Crippen molar-refractivity contribution in [3.8, 4) is 11.4 Å². The molecule has 1 aliphatic rings. The zero-order valence-corrected chi connectivity index (χ0v) is 29.2. The van der Waals surface area contributed by atoms with Gasteiger partial charge in [-0.2, -0.15) is 0 Å². The highest BCUT2D eigenvalue weighted by Crippen LogP contribution is 2.42. The van der Waals surface area contributed by atoms with Crippen molar-refractivity contribution in [3.63, 3.8) is 0 Å². The minimum absolute atomic E-state index is 0.193. The molecule has 0 spiro atoms. The Morgan fingerprint density at radius 1 is 0.453 bits per heavy atom. The Bertz CT molecular complexity index is 3190. The lowest BCUT2D eigenvalue weighted by molar-refractivity contribution is 0.351. The largest absolute Gasteiger partial charge is 0.348 e. The van der Waals surface area contributed by atoms with E-state index in [0.29, 0.717) is 0 Å². The van der Waals surface area contributed by atoms with Gasteiger partial charge >= 0.3 is 0 Å². The second-order valence-electron chi connectivity index (χ2n) is 14.0. The zero-order valence-electron chi connectivity index (χ0n) is 29.2. The molecule has 0 radical (unpaired) electrons. The Labute approximate surface area is 306 Å². The van der Waals surface area contributed by atoms with E-state index in [1.54, 1.807) is 0 Å². The number of benzene rings is 8. The molecule has 1 atom stereocenters. The fourth-order valence-corrected chi connectivity index (χ4v) is 8.78. The average molecular weight is 679 g/mol. The molecule has 0 fully saturated rings. The quantitative estimate of drug-likeness (QED) is 0.182. The number of aromatic nitrogens is 2. The highest BCUT2D eigenvalue weighted by Gasteiger charge is 2.25. The summed E-state index contributed by atoms with van der Waals surface area (Å²) in [5, 5.41) is 9.70. The van der Waals surface area contributed by atoms with Crippen LogP contribution in [0.25, 0.3) is 71.5 Å². The predicted octanol–water partition coefficient (Wildman–Crippen LogP) is 10.5. The monoisotopic (exact) mass is 678 g/mol. The number of hydrogen-bond acceptors (Lipinski definition) is 2. The van der Waals surface area contributed by atoms with Gasteiger partial charge in [-0.1, -0.05) is 127 Å². The summed E-state index contributed by atoms with van der Waals surface area (Å²) in [5.74, 6) is 0. The number of fused-ring (bicyclic) bond motifs is 9. The minimum atomic E-state index is -0.193. The summed E-state index contributed by atoms with van der Waals surface area (Å²) in [5.41, 5.74) is 10.5. The molecule has 0 N–H and O–H groups in total. The fraction of sp³-hybridized carbons (Fsp3) is 0.0408. The van der Waals surface area contributed by atoms with E-state index in [0.717, 1.165) is 27.5 Å². The van der Waals surface area contributed by atoms with Crippen LogP contribution in [0.1, 0.15) is 17.3 Å². The van der Waals surface area contributed by atoms with Gasteiger partial charge in [0.2, 0.25) is 0 Å². The van der Waals surface area contributed by atoms with Crippen molar-refractivity contribution in [2.75, 3.05) is 7.05 Å². The van der Waals surface area contributed by atoms with Gasteiger partial charge in [0.15, 0.2) is 0 Å². The first-order chi connectivity index (χ1) is 26.2. The molecule has 8 aromatic carbocycles. The van der Waals surface area contributed by atoms with Gasteiger partial charge in [0.25, 0.3) is 0 Å². The summed E-state index contributed by atoms with van der Waals surface area (Å²) in [6.07, 6.45) is -0.193. The molecule has 2 aromatic heterocycles. The summed E-state index contributed by atoms with van der Waals surface area (Å²) >= 11 is 0. The zero-order chi connectivity index (χ0) is 35.0. The maximum Gasteiger partial charge on any atom is 0.147 e. The molecule has 0 amide bonds. The molecule has 53 heavy (non-hydrogen) atoms. The molecule has 11 rings (SSSR count). The van der Waals surface area contributed by atoms with Gasteiger partial charge in [0.05, 0.1) is 33.1 Å². The van der Waals surface area contributed by atoms with Crippen LogP contribution in [0.2, 0.25) is 0 Å². The molecule has 4 nitrogen and oxygen atoms in total. The third kappa shape index (κ3) is 4.45. The SMILES string of the molecule is CN1C(c2ccccc2)=c2ccccc2=NC1c1cccc(-n2c3cc4c(cc3c3c5ccccc5ccc32)c2ccccc2n4-c2ccccc2)c1. The van der Waals surface area contributed by atoms with Gasteiger partial charge in [-0.15, -0.1) is 0 Å². The van der Waals surface area contributed by atoms with Crippen LogP contribution in [0, 0.1) is 0 Å². The molecule has 3 heterocycles. The van der Waals surface area contributed by atoms with Crippen LogP contribution >= 0.6 is 0 Å². The summed E-state index contributed by atoms with van der Waals surface area (Å²) in [7, 11) is 2.17. The highest BCUT2D eigenvalue weighted by molar-refractivity contribution is 6.25. The number of para-hydroxylation sites is 3. The molecule has 1 aliphatic heterocycles. The van der Waals surface area contributed by atoms with E-state index in [1.807, 2.05) is 0 Å². The van der Waals surface area contributed by atoms with Crippen LogP contribution in [0.5, 0.6) is 0 Å². The van der Waals surface area contributed by atoms with E-state index in [9.17, 15) is 0 Å². The van der Waals surface area contributed by atoms with E-state index in [1.165, 1.54) is 65.6 Å².